The van der Waals surface area contributed by atoms with Gasteiger partial charge in [0.15, 0.2) is 0 Å². The van der Waals surface area contributed by atoms with Crippen LogP contribution in [0.1, 0.15) is 24.6 Å². The fraction of sp³-hybridized carbons (Fsp3) is 0.357. The third-order valence-electron chi connectivity index (χ3n) is 3.03. The molecular weight excluding hydrogens is 281 g/mol. The van der Waals surface area contributed by atoms with Gasteiger partial charge in [0, 0.05) is 25.2 Å². The SMILES string of the molecule is CCC(N)Cc1cn(Cc2ccc(Cl)c(Cl)c2)cn1. The van der Waals surface area contributed by atoms with Crippen molar-refractivity contribution >= 4 is 23.2 Å². The van der Waals surface area contributed by atoms with E-state index in [0.717, 1.165) is 30.6 Å². The maximum Gasteiger partial charge on any atom is 0.0952 e. The first-order valence-corrected chi connectivity index (χ1v) is 7.04. The molecular formula is C14H17Cl2N3. The summed E-state index contributed by atoms with van der Waals surface area (Å²) in [6.45, 7) is 2.81. The summed E-state index contributed by atoms with van der Waals surface area (Å²) in [5.74, 6) is 0. The molecule has 1 aromatic carbocycles. The fourth-order valence-electron chi connectivity index (χ4n) is 1.86. The van der Waals surface area contributed by atoms with Crippen molar-refractivity contribution in [3.05, 3.63) is 52.0 Å². The highest BCUT2D eigenvalue weighted by Gasteiger charge is 2.05. The van der Waals surface area contributed by atoms with Gasteiger partial charge in [0.2, 0.25) is 0 Å². The highest BCUT2D eigenvalue weighted by atomic mass is 35.5. The van der Waals surface area contributed by atoms with E-state index in [-0.39, 0.29) is 6.04 Å². The number of benzene rings is 1. The lowest BCUT2D eigenvalue weighted by atomic mass is 10.1. The van der Waals surface area contributed by atoms with Gasteiger partial charge in [-0.3, -0.25) is 0 Å². The average molecular weight is 298 g/mol. The number of rotatable bonds is 5. The lowest BCUT2D eigenvalue weighted by molar-refractivity contribution is 0.638. The fourth-order valence-corrected chi connectivity index (χ4v) is 2.18. The van der Waals surface area contributed by atoms with Crippen molar-refractivity contribution in [3.63, 3.8) is 0 Å². The average Bonchev–Trinajstić information content (AvgIpc) is 2.81. The van der Waals surface area contributed by atoms with Crippen molar-refractivity contribution in [1.29, 1.82) is 0 Å². The molecule has 1 atom stereocenters. The summed E-state index contributed by atoms with van der Waals surface area (Å²) in [4.78, 5) is 4.36. The second-order valence-electron chi connectivity index (χ2n) is 4.66. The molecule has 2 aromatic rings. The second-order valence-corrected chi connectivity index (χ2v) is 5.47. The van der Waals surface area contributed by atoms with Gasteiger partial charge in [0.05, 0.1) is 22.1 Å². The van der Waals surface area contributed by atoms with Gasteiger partial charge in [-0.1, -0.05) is 36.2 Å². The van der Waals surface area contributed by atoms with Gasteiger partial charge in [0.1, 0.15) is 0 Å². The van der Waals surface area contributed by atoms with E-state index in [4.69, 9.17) is 28.9 Å². The van der Waals surface area contributed by atoms with E-state index >= 15 is 0 Å². The first-order chi connectivity index (χ1) is 9.08. The minimum atomic E-state index is 0.174. The Hall–Kier alpha value is -1.03. The molecule has 2 N–H and O–H groups in total. The lowest BCUT2D eigenvalue weighted by Gasteiger charge is -2.05. The van der Waals surface area contributed by atoms with Crippen LogP contribution >= 0.6 is 23.2 Å². The normalized spacial score (nSPS) is 12.6. The van der Waals surface area contributed by atoms with Crippen molar-refractivity contribution in [3.8, 4) is 0 Å². The van der Waals surface area contributed by atoms with Crippen LogP contribution in [0.3, 0.4) is 0 Å². The molecule has 1 aromatic heterocycles. The molecule has 0 bridgehead atoms. The molecule has 3 nitrogen and oxygen atoms in total. The van der Waals surface area contributed by atoms with E-state index in [1.165, 1.54) is 0 Å². The van der Waals surface area contributed by atoms with Crippen LogP contribution in [0.25, 0.3) is 0 Å². The van der Waals surface area contributed by atoms with E-state index in [1.807, 2.05) is 35.3 Å². The predicted octanol–water partition coefficient (Wildman–Crippen LogP) is 3.52. The van der Waals surface area contributed by atoms with Gasteiger partial charge in [0.25, 0.3) is 0 Å². The number of aromatic nitrogens is 2. The van der Waals surface area contributed by atoms with Gasteiger partial charge < -0.3 is 10.3 Å². The van der Waals surface area contributed by atoms with Crippen LogP contribution in [0.15, 0.2) is 30.7 Å². The highest BCUT2D eigenvalue weighted by molar-refractivity contribution is 6.42. The maximum absolute atomic E-state index is 6.00. The van der Waals surface area contributed by atoms with Crippen molar-refractivity contribution in [2.75, 3.05) is 0 Å². The molecule has 0 fully saturated rings. The van der Waals surface area contributed by atoms with Crippen LogP contribution in [-0.4, -0.2) is 15.6 Å². The molecule has 1 heterocycles. The molecule has 0 spiro atoms. The van der Waals surface area contributed by atoms with E-state index in [2.05, 4.69) is 11.9 Å². The van der Waals surface area contributed by atoms with Crippen LogP contribution in [0.2, 0.25) is 10.0 Å². The summed E-state index contributed by atoms with van der Waals surface area (Å²) in [5, 5.41) is 1.15. The molecule has 0 aliphatic rings. The van der Waals surface area contributed by atoms with Crippen LogP contribution in [0, 0.1) is 0 Å². The highest BCUT2D eigenvalue weighted by Crippen LogP contribution is 2.23. The van der Waals surface area contributed by atoms with Crippen molar-refractivity contribution < 1.29 is 0 Å². The summed E-state index contributed by atoms with van der Waals surface area (Å²) < 4.78 is 2.03. The zero-order valence-electron chi connectivity index (χ0n) is 10.8. The van der Waals surface area contributed by atoms with E-state index in [9.17, 15) is 0 Å². The topological polar surface area (TPSA) is 43.8 Å². The summed E-state index contributed by atoms with van der Waals surface area (Å²) in [7, 11) is 0. The molecule has 0 amide bonds. The zero-order chi connectivity index (χ0) is 13.8. The van der Waals surface area contributed by atoms with Crippen molar-refractivity contribution in [2.45, 2.75) is 32.4 Å². The monoisotopic (exact) mass is 297 g/mol. The number of halogens is 2. The van der Waals surface area contributed by atoms with Gasteiger partial charge >= 0.3 is 0 Å². The smallest absolute Gasteiger partial charge is 0.0952 e. The quantitative estimate of drug-likeness (QED) is 0.918. The largest absolute Gasteiger partial charge is 0.333 e. The van der Waals surface area contributed by atoms with Crippen LogP contribution in [-0.2, 0) is 13.0 Å². The Morgan fingerprint density at radius 1 is 1.32 bits per heavy atom. The third kappa shape index (κ3) is 3.96. The molecule has 0 saturated carbocycles. The Kier molecular flexibility index (Phi) is 4.86. The number of hydrogen-bond acceptors (Lipinski definition) is 2. The summed E-state index contributed by atoms with van der Waals surface area (Å²) in [6, 6.07) is 5.82. The Labute approximate surface area is 123 Å². The number of nitrogens with zero attached hydrogens (tertiary/aromatic N) is 2. The van der Waals surface area contributed by atoms with Crippen LogP contribution < -0.4 is 5.73 Å². The molecule has 0 radical (unpaired) electrons. The Bertz CT molecular complexity index is 551. The van der Waals surface area contributed by atoms with Gasteiger partial charge in [-0.05, 0) is 24.1 Å². The summed E-state index contributed by atoms with van der Waals surface area (Å²) in [6.07, 6.45) is 5.61. The van der Waals surface area contributed by atoms with Gasteiger partial charge in [-0.2, -0.15) is 0 Å². The Balaban J connectivity index is 2.05. The number of hydrogen-bond donors (Lipinski definition) is 1. The van der Waals surface area contributed by atoms with Gasteiger partial charge in [-0.15, -0.1) is 0 Å². The van der Waals surface area contributed by atoms with Crippen molar-refractivity contribution in [2.24, 2.45) is 5.73 Å². The minimum absolute atomic E-state index is 0.174. The summed E-state index contributed by atoms with van der Waals surface area (Å²) in [5.41, 5.74) is 8.04. The molecule has 1 unspecified atom stereocenters. The molecule has 0 aliphatic heterocycles. The van der Waals surface area contributed by atoms with Crippen LogP contribution in [0.5, 0.6) is 0 Å². The van der Waals surface area contributed by atoms with Crippen molar-refractivity contribution in [1.82, 2.24) is 9.55 Å². The number of imidazole rings is 1. The Morgan fingerprint density at radius 3 is 2.79 bits per heavy atom. The molecule has 0 saturated heterocycles. The van der Waals surface area contributed by atoms with E-state index < -0.39 is 0 Å². The second kappa shape index (κ2) is 6.42. The zero-order valence-corrected chi connectivity index (χ0v) is 12.3. The maximum atomic E-state index is 6.00. The first kappa shape index (κ1) is 14.4. The standard InChI is InChI=1S/C14H17Cl2N3/c1-2-11(17)6-12-8-19(9-18-12)7-10-3-4-13(15)14(16)5-10/h3-5,8-9,11H,2,6-7,17H2,1H3. The molecule has 0 aliphatic carbocycles. The summed E-state index contributed by atoms with van der Waals surface area (Å²) >= 11 is 11.9. The minimum Gasteiger partial charge on any atom is -0.333 e. The number of nitrogens with two attached hydrogens (primary N) is 1. The molecule has 102 valence electrons. The molecule has 5 heteroatoms. The van der Waals surface area contributed by atoms with E-state index in [0.29, 0.717) is 10.0 Å². The Morgan fingerprint density at radius 2 is 2.11 bits per heavy atom. The predicted molar refractivity (Wildman–Crippen MR) is 79.8 cm³/mol. The lowest BCUT2D eigenvalue weighted by Crippen LogP contribution is -2.21. The first-order valence-electron chi connectivity index (χ1n) is 6.28. The third-order valence-corrected chi connectivity index (χ3v) is 3.77. The van der Waals surface area contributed by atoms with Gasteiger partial charge in [-0.25, -0.2) is 4.98 Å². The molecule has 19 heavy (non-hydrogen) atoms. The molecule has 2 rings (SSSR count). The van der Waals surface area contributed by atoms with Crippen LogP contribution in [0.4, 0.5) is 0 Å². The van der Waals surface area contributed by atoms with E-state index in [1.54, 1.807) is 0 Å².